The summed E-state index contributed by atoms with van der Waals surface area (Å²) in [5.41, 5.74) is -4.54. The van der Waals surface area contributed by atoms with Crippen molar-refractivity contribution < 1.29 is 32.0 Å². The molecule has 1 N–H and O–H groups in total. The Morgan fingerprint density at radius 2 is 1.58 bits per heavy atom. The third-order valence-electron chi connectivity index (χ3n) is 5.03. The molecule has 0 amide bonds. The largest absolute Gasteiger partial charge is 0.525 e. The van der Waals surface area contributed by atoms with Crippen LogP contribution in [0.25, 0.3) is 0 Å². The quantitative estimate of drug-likeness (QED) is 0.626. The topological polar surface area (TPSA) is 41.9 Å². The van der Waals surface area contributed by atoms with E-state index in [0.29, 0.717) is 12.8 Å². The number of hydrogen-bond donors (Lipinski definition) is 1. The van der Waals surface area contributed by atoms with Gasteiger partial charge in [0.1, 0.15) is 5.73 Å². The van der Waals surface area contributed by atoms with E-state index in [1.165, 1.54) is 4.90 Å². The number of alkyl halides is 3. The van der Waals surface area contributed by atoms with E-state index in [4.69, 9.17) is 9.31 Å². The summed E-state index contributed by atoms with van der Waals surface area (Å²) in [6.07, 6.45) is -4.57. The monoisotopic (exact) mass is 353 g/mol. The van der Waals surface area contributed by atoms with Gasteiger partial charge in [-0.05, 0) is 40.5 Å². The molecule has 2 fully saturated rings. The highest BCUT2D eigenvalue weighted by atomic mass is 19.4. The summed E-state index contributed by atoms with van der Waals surface area (Å²) in [5, 5.41) is 9.44. The summed E-state index contributed by atoms with van der Waals surface area (Å²) in [4.78, 5) is 1.49. The van der Waals surface area contributed by atoms with Crippen molar-refractivity contribution in [3.63, 3.8) is 0 Å². The molecule has 0 unspecified atom stereocenters. The Bertz CT molecular complexity index is 483. The summed E-state index contributed by atoms with van der Waals surface area (Å²) in [7, 11) is -1.66. The van der Waals surface area contributed by atoms with Crippen molar-refractivity contribution in [2.45, 2.75) is 64.0 Å². The van der Waals surface area contributed by atoms with Crippen LogP contribution in [0, 0.1) is 0 Å². The maximum Gasteiger partial charge on any atom is 0.525 e. The van der Waals surface area contributed by atoms with E-state index in [-0.39, 0.29) is 13.1 Å². The van der Waals surface area contributed by atoms with E-state index >= 15 is 0 Å². The minimum Gasteiger partial charge on any atom is -0.398 e. The number of nitrogens with zero attached hydrogens (tertiary/aromatic N) is 1. The molecule has 0 aromatic heterocycles. The number of aliphatic hydroxyl groups excluding tert-OH is 1. The summed E-state index contributed by atoms with van der Waals surface area (Å²) in [5.74, 6) is 0. The highest BCUT2D eigenvalue weighted by molar-refractivity contribution is 6.53. The SMILES string of the molecule is CC1(C)OB(C(F)=C(CN2CCC(O)CC2)C(F)(F)F)OC1(C)C. The summed E-state index contributed by atoms with van der Waals surface area (Å²) in [6.45, 7) is 6.61. The Labute approximate surface area is 139 Å². The summed E-state index contributed by atoms with van der Waals surface area (Å²) < 4.78 is 65.5. The lowest BCUT2D eigenvalue weighted by Gasteiger charge is -2.32. The predicted molar refractivity (Wildman–Crippen MR) is 82.0 cm³/mol. The number of rotatable bonds is 3. The number of likely N-dealkylation sites (tertiary alicyclic amines) is 1. The van der Waals surface area contributed by atoms with Crippen LogP contribution in [0.5, 0.6) is 0 Å². The Morgan fingerprint density at radius 1 is 1.12 bits per heavy atom. The molecule has 2 aliphatic heterocycles. The Kier molecular flexibility index (Phi) is 5.40. The molecule has 0 aromatic carbocycles. The third-order valence-corrected chi connectivity index (χ3v) is 5.03. The zero-order valence-electron chi connectivity index (χ0n) is 14.4. The van der Waals surface area contributed by atoms with Gasteiger partial charge in [-0.25, -0.2) is 4.39 Å². The van der Waals surface area contributed by atoms with Gasteiger partial charge in [0.2, 0.25) is 0 Å². The highest BCUT2D eigenvalue weighted by Crippen LogP contribution is 2.41. The van der Waals surface area contributed by atoms with Gasteiger partial charge in [0, 0.05) is 19.6 Å². The maximum atomic E-state index is 14.6. The van der Waals surface area contributed by atoms with Crippen molar-refractivity contribution in [1.29, 1.82) is 0 Å². The summed E-state index contributed by atoms with van der Waals surface area (Å²) in [6, 6.07) is 0. The van der Waals surface area contributed by atoms with Gasteiger partial charge < -0.3 is 14.4 Å². The predicted octanol–water partition coefficient (Wildman–Crippen LogP) is 2.86. The molecular weight excluding hydrogens is 329 g/mol. The van der Waals surface area contributed by atoms with Gasteiger partial charge >= 0.3 is 13.3 Å². The maximum absolute atomic E-state index is 14.6. The molecule has 0 spiro atoms. The van der Waals surface area contributed by atoms with Gasteiger partial charge in [-0.2, -0.15) is 13.2 Å². The zero-order chi connectivity index (χ0) is 18.3. The molecule has 2 saturated heterocycles. The first-order valence-corrected chi connectivity index (χ1v) is 8.05. The Hall–Kier alpha value is -0.635. The van der Waals surface area contributed by atoms with Crippen LogP contribution in [0.1, 0.15) is 40.5 Å². The second-order valence-electron chi connectivity index (χ2n) is 7.42. The molecule has 2 aliphatic rings. The number of hydrogen-bond acceptors (Lipinski definition) is 4. The molecule has 4 nitrogen and oxygen atoms in total. The van der Waals surface area contributed by atoms with E-state index < -0.39 is 48.4 Å². The highest BCUT2D eigenvalue weighted by Gasteiger charge is 2.55. The summed E-state index contributed by atoms with van der Waals surface area (Å²) >= 11 is 0. The van der Waals surface area contributed by atoms with Gasteiger partial charge in [0.05, 0.1) is 22.9 Å². The fourth-order valence-corrected chi connectivity index (χ4v) is 2.69. The third kappa shape index (κ3) is 4.12. The van der Waals surface area contributed by atoms with Crippen LogP contribution in [0.2, 0.25) is 0 Å². The van der Waals surface area contributed by atoms with E-state index in [2.05, 4.69) is 0 Å². The van der Waals surface area contributed by atoms with Crippen LogP contribution in [0.15, 0.2) is 11.3 Å². The molecule has 0 bridgehead atoms. The number of halogens is 4. The molecule has 0 saturated carbocycles. The number of aliphatic hydroxyl groups is 1. The first-order valence-electron chi connectivity index (χ1n) is 8.05. The van der Waals surface area contributed by atoms with Crippen LogP contribution in [0.3, 0.4) is 0 Å². The van der Waals surface area contributed by atoms with Gasteiger partial charge in [-0.1, -0.05) is 0 Å². The fraction of sp³-hybridized carbons (Fsp3) is 0.867. The number of piperidine rings is 1. The second kappa shape index (κ2) is 6.59. The van der Waals surface area contributed by atoms with E-state index in [9.17, 15) is 22.7 Å². The second-order valence-corrected chi connectivity index (χ2v) is 7.42. The van der Waals surface area contributed by atoms with Crippen LogP contribution >= 0.6 is 0 Å². The first-order chi connectivity index (χ1) is 10.8. The van der Waals surface area contributed by atoms with E-state index in [1.807, 2.05) is 0 Å². The van der Waals surface area contributed by atoms with Gasteiger partial charge in [-0.3, -0.25) is 4.90 Å². The lowest BCUT2D eigenvalue weighted by molar-refractivity contribution is -0.0982. The average molecular weight is 353 g/mol. The van der Waals surface area contributed by atoms with Gasteiger partial charge in [0.25, 0.3) is 0 Å². The minimum absolute atomic E-state index is 0.289. The fourth-order valence-electron chi connectivity index (χ4n) is 2.69. The van der Waals surface area contributed by atoms with Crippen LogP contribution in [-0.2, 0) is 9.31 Å². The molecule has 24 heavy (non-hydrogen) atoms. The normalized spacial score (nSPS) is 26.6. The molecule has 0 aromatic rings. The van der Waals surface area contributed by atoms with Crippen molar-refractivity contribution in [1.82, 2.24) is 4.90 Å². The lowest BCUT2D eigenvalue weighted by Crippen LogP contribution is -2.41. The van der Waals surface area contributed by atoms with Crippen molar-refractivity contribution in [3.8, 4) is 0 Å². The average Bonchev–Trinajstić information content (AvgIpc) is 2.65. The van der Waals surface area contributed by atoms with Crippen molar-refractivity contribution >= 4 is 7.12 Å². The van der Waals surface area contributed by atoms with Crippen LogP contribution < -0.4 is 0 Å². The van der Waals surface area contributed by atoms with Crippen molar-refractivity contribution in [2.24, 2.45) is 0 Å². The molecule has 2 heterocycles. The van der Waals surface area contributed by atoms with Crippen LogP contribution in [0.4, 0.5) is 17.6 Å². The minimum atomic E-state index is -4.82. The van der Waals surface area contributed by atoms with Crippen molar-refractivity contribution in [3.05, 3.63) is 11.3 Å². The lowest BCUT2D eigenvalue weighted by atomic mass is 9.84. The molecule has 0 atom stereocenters. The van der Waals surface area contributed by atoms with Crippen LogP contribution in [-0.4, -0.2) is 60.2 Å². The molecule has 0 radical (unpaired) electrons. The molecular formula is C15H24BF4NO3. The smallest absolute Gasteiger partial charge is 0.398 e. The first kappa shape index (κ1) is 19.7. The van der Waals surface area contributed by atoms with E-state index in [0.717, 1.165) is 0 Å². The van der Waals surface area contributed by atoms with Gasteiger partial charge in [0.15, 0.2) is 0 Å². The zero-order valence-corrected chi connectivity index (χ0v) is 14.4. The molecule has 2 rings (SSSR count). The molecule has 0 aliphatic carbocycles. The van der Waals surface area contributed by atoms with E-state index in [1.54, 1.807) is 27.7 Å². The Balaban J connectivity index is 2.22. The molecule has 138 valence electrons. The standard InChI is InChI=1S/C15H24BF4NO3/c1-13(2)14(3,4)24-16(23-13)12(17)11(15(18,19)20)9-21-7-5-10(22)6-8-21/h10,22H,5-9H2,1-4H3. The van der Waals surface area contributed by atoms with Crippen molar-refractivity contribution in [2.75, 3.05) is 19.6 Å². The molecule has 9 heteroatoms. The Morgan fingerprint density at radius 3 is 2.00 bits per heavy atom. The van der Waals surface area contributed by atoms with Gasteiger partial charge in [-0.15, -0.1) is 0 Å².